The van der Waals surface area contributed by atoms with Gasteiger partial charge >= 0.3 is 0 Å². The van der Waals surface area contributed by atoms with Gasteiger partial charge in [-0.15, -0.1) is 0 Å². The van der Waals surface area contributed by atoms with Crippen LogP contribution in [0.1, 0.15) is 16.1 Å². The summed E-state index contributed by atoms with van der Waals surface area (Å²) >= 11 is 3.18. The molecule has 2 rings (SSSR count). The highest BCUT2D eigenvalue weighted by Gasteiger charge is 2.15. The molecule has 20 heavy (non-hydrogen) atoms. The van der Waals surface area contributed by atoms with E-state index in [1.165, 1.54) is 24.4 Å². The average molecular weight is 360 g/mol. The maximum absolute atomic E-state index is 12.0. The summed E-state index contributed by atoms with van der Waals surface area (Å²) in [5, 5.41) is 11.1. The van der Waals surface area contributed by atoms with E-state index < -0.39 is 15.9 Å². The first-order chi connectivity index (χ1) is 9.29. The molecule has 0 fully saturated rings. The van der Waals surface area contributed by atoms with Crippen LogP contribution in [0, 0.1) is 6.92 Å². The molecule has 3 N–H and O–H groups in total. The van der Waals surface area contributed by atoms with Crippen molar-refractivity contribution in [2.45, 2.75) is 11.8 Å². The number of primary sulfonamides is 1. The van der Waals surface area contributed by atoms with Gasteiger partial charge in [0.15, 0.2) is 0 Å². The number of sulfonamides is 1. The molecule has 0 unspecified atom stereocenters. The van der Waals surface area contributed by atoms with E-state index in [1.807, 2.05) is 0 Å². The number of hydrogen-bond acceptors (Lipinski definition) is 5. The van der Waals surface area contributed by atoms with Gasteiger partial charge in [-0.3, -0.25) is 4.79 Å². The number of anilines is 1. The number of nitrogens with one attached hydrogen (secondary N) is 1. The lowest BCUT2D eigenvalue weighted by Crippen LogP contribution is -2.14. The fourth-order valence-electron chi connectivity index (χ4n) is 1.48. The Labute approximate surface area is 123 Å². The van der Waals surface area contributed by atoms with E-state index in [2.05, 4.69) is 26.4 Å². The fourth-order valence-corrected chi connectivity index (χ4v) is 2.65. The highest BCUT2D eigenvalue weighted by Crippen LogP contribution is 2.26. The molecule has 106 valence electrons. The first-order valence-corrected chi connectivity index (χ1v) is 7.68. The van der Waals surface area contributed by atoms with Crippen LogP contribution >= 0.6 is 15.9 Å². The number of carbonyl (C=O) groups is 1. The number of amides is 1. The molecule has 2 aromatic rings. The van der Waals surface area contributed by atoms with Gasteiger partial charge in [-0.05, 0) is 41.1 Å². The van der Waals surface area contributed by atoms with Crippen LogP contribution in [0.25, 0.3) is 0 Å². The van der Waals surface area contributed by atoms with Gasteiger partial charge in [0.1, 0.15) is 11.3 Å². The number of hydrogen-bond donors (Lipinski definition) is 2. The normalized spacial score (nSPS) is 11.3. The molecule has 0 atom stereocenters. The van der Waals surface area contributed by atoms with Gasteiger partial charge in [0.25, 0.3) is 5.91 Å². The molecule has 1 heterocycles. The Bertz CT molecular complexity index is 770. The van der Waals surface area contributed by atoms with E-state index in [4.69, 9.17) is 9.66 Å². The summed E-state index contributed by atoms with van der Waals surface area (Å²) in [7, 11) is -3.79. The number of halogens is 1. The van der Waals surface area contributed by atoms with Crippen molar-refractivity contribution in [2.24, 2.45) is 5.14 Å². The van der Waals surface area contributed by atoms with E-state index in [0.29, 0.717) is 21.5 Å². The molecule has 0 radical (unpaired) electrons. The van der Waals surface area contributed by atoms with Gasteiger partial charge < -0.3 is 9.84 Å². The van der Waals surface area contributed by atoms with E-state index in [1.54, 1.807) is 6.92 Å². The number of rotatable bonds is 3. The highest BCUT2D eigenvalue weighted by atomic mass is 79.9. The van der Waals surface area contributed by atoms with Gasteiger partial charge in [0, 0.05) is 4.47 Å². The summed E-state index contributed by atoms with van der Waals surface area (Å²) in [6, 6.07) is 4.05. The summed E-state index contributed by atoms with van der Waals surface area (Å²) in [5.74, 6) is -0.0208. The number of aromatic nitrogens is 1. The Hall–Kier alpha value is -1.71. The Balaban J connectivity index is 2.27. The summed E-state index contributed by atoms with van der Waals surface area (Å²) in [6.45, 7) is 1.61. The van der Waals surface area contributed by atoms with Crippen LogP contribution in [0.3, 0.4) is 0 Å². The lowest BCUT2D eigenvalue weighted by Gasteiger charge is -2.07. The molecule has 0 bridgehead atoms. The first kappa shape index (κ1) is 14.7. The van der Waals surface area contributed by atoms with Crippen molar-refractivity contribution in [3.63, 3.8) is 0 Å². The van der Waals surface area contributed by atoms with E-state index in [0.717, 1.165) is 0 Å². The lowest BCUT2D eigenvalue weighted by molar-refractivity contribution is 0.102. The third kappa shape index (κ3) is 3.06. The second-order valence-electron chi connectivity index (χ2n) is 3.94. The summed E-state index contributed by atoms with van der Waals surface area (Å²) in [6.07, 6.45) is 1.30. The number of nitrogens with zero attached hydrogens (tertiary/aromatic N) is 1. The second kappa shape index (κ2) is 5.35. The Morgan fingerprint density at radius 3 is 2.65 bits per heavy atom. The Kier molecular flexibility index (Phi) is 3.93. The first-order valence-electron chi connectivity index (χ1n) is 5.34. The van der Waals surface area contributed by atoms with E-state index >= 15 is 0 Å². The predicted octanol–water partition coefficient (Wildman–Crippen LogP) is 1.65. The molecule has 0 aliphatic heterocycles. The standard InChI is InChI=1S/C11H10BrN3O4S/c1-6-8(5-14-19-6)11(16)15-10-3-2-7(4-9(10)12)20(13,17)18/h2-5H,1H3,(H,15,16)(H2,13,17,18). The number of aryl methyl sites for hydroxylation is 1. The van der Waals surface area contributed by atoms with Crippen molar-refractivity contribution in [2.75, 3.05) is 5.32 Å². The van der Waals surface area contributed by atoms with Crippen molar-refractivity contribution < 1.29 is 17.7 Å². The maximum Gasteiger partial charge on any atom is 0.260 e. The van der Waals surface area contributed by atoms with Crippen LogP contribution in [-0.4, -0.2) is 19.5 Å². The largest absolute Gasteiger partial charge is 0.361 e. The minimum atomic E-state index is -3.79. The van der Waals surface area contributed by atoms with Gasteiger partial charge in [-0.1, -0.05) is 5.16 Å². The molecular weight excluding hydrogens is 350 g/mol. The zero-order valence-electron chi connectivity index (χ0n) is 10.3. The van der Waals surface area contributed by atoms with E-state index in [-0.39, 0.29) is 4.90 Å². The van der Waals surface area contributed by atoms with Gasteiger partial charge in [0.05, 0.1) is 16.8 Å². The third-order valence-electron chi connectivity index (χ3n) is 2.51. The number of carbonyl (C=O) groups excluding carboxylic acids is 1. The molecular formula is C11H10BrN3O4S. The van der Waals surface area contributed by atoms with Gasteiger partial charge in [-0.25, -0.2) is 13.6 Å². The Morgan fingerprint density at radius 1 is 1.45 bits per heavy atom. The smallest absolute Gasteiger partial charge is 0.260 e. The Morgan fingerprint density at radius 2 is 2.15 bits per heavy atom. The molecule has 1 aromatic carbocycles. The number of nitrogens with two attached hydrogens (primary N) is 1. The lowest BCUT2D eigenvalue weighted by atomic mass is 10.2. The molecule has 0 spiro atoms. The van der Waals surface area contributed by atoms with Crippen molar-refractivity contribution in [3.8, 4) is 0 Å². The third-order valence-corrected chi connectivity index (χ3v) is 4.08. The van der Waals surface area contributed by atoms with Crippen molar-refractivity contribution in [3.05, 3.63) is 40.2 Å². The zero-order chi connectivity index (χ0) is 14.9. The monoisotopic (exact) mass is 359 g/mol. The van der Waals surface area contributed by atoms with Gasteiger partial charge in [0.2, 0.25) is 10.0 Å². The molecule has 0 aliphatic carbocycles. The SMILES string of the molecule is Cc1oncc1C(=O)Nc1ccc(S(N)(=O)=O)cc1Br. The van der Waals surface area contributed by atoms with Crippen LogP contribution < -0.4 is 10.5 Å². The van der Waals surface area contributed by atoms with Crippen LogP contribution in [0.2, 0.25) is 0 Å². The molecule has 7 nitrogen and oxygen atoms in total. The zero-order valence-corrected chi connectivity index (χ0v) is 12.7. The van der Waals surface area contributed by atoms with Crippen LogP contribution in [-0.2, 0) is 10.0 Å². The van der Waals surface area contributed by atoms with Crippen molar-refractivity contribution in [1.82, 2.24) is 5.16 Å². The minimum Gasteiger partial charge on any atom is -0.361 e. The van der Waals surface area contributed by atoms with Crippen LogP contribution in [0.15, 0.2) is 38.3 Å². The molecule has 1 aromatic heterocycles. The summed E-state index contributed by atoms with van der Waals surface area (Å²) in [5.41, 5.74) is 0.704. The topological polar surface area (TPSA) is 115 Å². The minimum absolute atomic E-state index is 0.0523. The molecule has 0 saturated carbocycles. The molecule has 0 saturated heterocycles. The van der Waals surface area contributed by atoms with Crippen molar-refractivity contribution in [1.29, 1.82) is 0 Å². The predicted molar refractivity (Wildman–Crippen MR) is 74.7 cm³/mol. The number of benzene rings is 1. The molecule has 1 amide bonds. The van der Waals surface area contributed by atoms with E-state index in [9.17, 15) is 13.2 Å². The fraction of sp³-hybridized carbons (Fsp3) is 0.0909. The average Bonchev–Trinajstić information content (AvgIpc) is 2.76. The molecule has 9 heteroatoms. The summed E-state index contributed by atoms with van der Waals surface area (Å²) < 4.78 is 27.6. The van der Waals surface area contributed by atoms with Crippen LogP contribution in [0.4, 0.5) is 5.69 Å². The molecule has 0 aliphatic rings. The van der Waals surface area contributed by atoms with Crippen molar-refractivity contribution >= 4 is 37.5 Å². The summed E-state index contributed by atoms with van der Waals surface area (Å²) in [4.78, 5) is 11.9. The second-order valence-corrected chi connectivity index (χ2v) is 6.35. The highest BCUT2D eigenvalue weighted by molar-refractivity contribution is 9.10. The quantitative estimate of drug-likeness (QED) is 0.864. The maximum atomic E-state index is 12.0. The van der Waals surface area contributed by atoms with Crippen LogP contribution in [0.5, 0.6) is 0 Å². The van der Waals surface area contributed by atoms with Gasteiger partial charge in [-0.2, -0.15) is 0 Å².